The summed E-state index contributed by atoms with van der Waals surface area (Å²) < 4.78 is 46.8. The van der Waals surface area contributed by atoms with E-state index in [1.54, 1.807) is 16.7 Å². The Morgan fingerprint density at radius 1 is 0.938 bits per heavy atom. The molecule has 0 saturated heterocycles. The molecule has 0 atom stereocenters. The van der Waals surface area contributed by atoms with E-state index in [9.17, 15) is 17.6 Å². The monoisotopic (exact) mass is 452 g/mol. The maximum atomic E-state index is 13.4. The van der Waals surface area contributed by atoms with Crippen molar-refractivity contribution >= 4 is 26.8 Å². The van der Waals surface area contributed by atoms with Crippen LogP contribution in [0.3, 0.4) is 0 Å². The highest BCUT2D eigenvalue weighted by molar-refractivity contribution is 7.89. The van der Waals surface area contributed by atoms with Crippen LogP contribution in [-0.2, 0) is 23.2 Å². The highest BCUT2D eigenvalue weighted by Crippen LogP contribution is 2.35. The van der Waals surface area contributed by atoms with Crippen molar-refractivity contribution in [3.63, 3.8) is 0 Å². The van der Waals surface area contributed by atoms with Gasteiger partial charge in [-0.2, -0.15) is 0 Å². The standard InChI is InChI=1S/C24H21FN2O4S/c1-32(29,30)26-24(28)22-23(31-16-18-7-3-2-4-8-18)20-9-5-6-10-21(20)27(22)15-17-11-13-19(25)14-12-17/h2-14H,15-16H2,1H3,(H,26,28). The molecule has 0 fully saturated rings. The molecule has 1 N–H and O–H groups in total. The fraction of sp³-hybridized carbons (Fsp3) is 0.125. The lowest BCUT2D eigenvalue weighted by Gasteiger charge is -2.13. The van der Waals surface area contributed by atoms with Crippen LogP contribution >= 0.6 is 0 Å². The van der Waals surface area contributed by atoms with Crippen LogP contribution in [-0.4, -0.2) is 25.1 Å². The van der Waals surface area contributed by atoms with Gasteiger partial charge >= 0.3 is 0 Å². The summed E-state index contributed by atoms with van der Waals surface area (Å²) >= 11 is 0. The maximum absolute atomic E-state index is 13.4. The Hall–Kier alpha value is -3.65. The molecule has 32 heavy (non-hydrogen) atoms. The van der Waals surface area contributed by atoms with E-state index in [0.717, 1.165) is 17.4 Å². The molecule has 0 spiro atoms. The Morgan fingerprint density at radius 2 is 1.59 bits per heavy atom. The van der Waals surface area contributed by atoms with Gasteiger partial charge in [0.25, 0.3) is 5.91 Å². The van der Waals surface area contributed by atoms with Crippen molar-refractivity contribution in [2.75, 3.05) is 6.26 Å². The average molecular weight is 453 g/mol. The number of hydrogen-bond acceptors (Lipinski definition) is 4. The number of nitrogens with one attached hydrogen (secondary N) is 1. The summed E-state index contributed by atoms with van der Waals surface area (Å²) in [5.74, 6) is -0.880. The number of halogens is 1. The lowest BCUT2D eigenvalue weighted by molar-refractivity contribution is 0.0969. The largest absolute Gasteiger partial charge is 0.486 e. The van der Waals surface area contributed by atoms with Gasteiger partial charge in [0.15, 0.2) is 11.4 Å². The number of benzene rings is 3. The van der Waals surface area contributed by atoms with Gasteiger partial charge in [0.2, 0.25) is 10.0 Å². The summed E-state index contributed by atoms with van der Waals surface area (Å²) in [6.07, 6.45) is 0.919. The number of ether oxygens (including phenoxy) is 1. The number of carbonyl (C=O) groups excluding carboxylic acids is 1. The number of carbonyl (C=O) groups is 1. The predicted molar refractivity (Wildman–Crippen MR) is 121 cm³/mol. The van der Waals surface area contributed by atoms with Gasteiger partial charge in [-0.25, -0.2) is 17.5 Å². The van der Waals surface area contributed by atoms with Crippen LogP contribution in [0.4, 0.5) is 4.39 Å². The van der Waals surface area contributed by atoms with Crippen LogP contribution in [0, 0.1) is 5.82 Å². The molecule has 1 aromatic heterocycles. The molecule has 0 unspecified atom stereocenters. The molecule has 0 radical (unpaired) electrons. The normalized spacial score (nSPS) is 11.4. The Morgan fingerprint density at radius 3 is 2.28 bits per heavy atom. The summed E-state index contributed by atoms with van der Waals surface area (Å²) in [4.78, 5) is 13.1. The fourth-order valence-corrected chi connectivity index (χ4v) is 3.96. The maximum Gasteiger partial charge on any atom is 0.285 e. The molecule has 0 aliphatic rings. The molecule has 4 aromatic rings. The Bertz CT molecular complexity index is 1360. The second kappa shape index (κ2) is 8.84. The molecule has 0 aliphatic carbocycles. The van der Waals surface area contributed by atoms with Crippen molar-refractivity contribution in [1.29, 1.82) is 0 Å². The molecule has 6 nitrogen and oxygen atoms in total. The van der Waals surface area contributed by atoms with Gasteiger partial charge in [0.05, 0.1) is 11.8 Å². The van der Waals surface area contributed by atoms with E-state index in [1.807, 2.05) is 59.3 Å². The van der Waals surface area contributed by atoms with E-state index in [1.165, 1.54) is 12.1 Å². The number of hydrogen-bond donors (Lipinski definition) is 1. The molecule has 1 heterocycles. The smallest absolute Gasteiger partial charge is 0.285 e. The molecular formula is C24H21FN2O4S. The Kier molecular flexibility index (Phi) is 5.96. The van der Waals surface area contributed by atoms with Gasteiger partial charge in [-0.05, 0) is 35.4 Å². The third kappa shape index (κ3) is 4.81. The molecule has 8 heteroatoms. The molecule has 3 aromatic carbocycles. The first-order chi connectivity index (χ1) is 15.3. The fourth-order valence-electron chi connectivity index (χ4n) is 3.53. The zero-order chi connectivity index (χ0) is 22.7. The van der Waals surface area contributed by atoms with Crippen molar-refractivity contribution in [1.82, 2.24) is 9.29 Å². The van der Waals surface area contributed by atoms with E-state index in [-0.39, 0.29) is 30.4 Å². The first-order valence-corrected chi connectivity index (χ1v) is 11.8. The number of para-hydroxylation sites is 1. The molecule has 4 rings (SSSR count). The zero-order valence-corrected chi connectivity index (χ0v) is 18.1. The third-order valence-electron chi connectivity index (χ3n) is 4.90. The predicted octanol–water partition coefficient (Wildman–Crippen LogP) is 4.10. The van der Waals surface area contributed by atoms with E-state index in [2.05, 4.69) is 0 Å². The molecule has 164 valence electrons. The number of sulfonamides is 1. The van der Waals surface area contributed by atoms with Gasteiger partial charge < -0.3 is 9.30 Å². The summed E-state index contributed by atoms with van der Waals surface area (Å²) in [7, 11) is -3.81. The second-order valence-corrected chi connectivity index (χ2v) is 9.13. The Labute approximate surface area is 185 Å². The number of rotatable bonds is 7. The van der Waals surface area contributed by atoms with Crippen molar-refractivity contribution in [2.24, 2.45) is 0 Å². The van der Waals surface area contributed by atoms with Crippen LogP contribution in [0.2, 0.25) is 0 Å². The van der Waals surface area contributed by atoms with Crippen molar-refractivity contribution < 1.29 is 22.3 Å². The number of aromatic nitrogens is 1. The first-order valence-electron chi connectivity index (χ1n) is 9.86. The molecule has 0 aliphatic heterocycles. The highest BCUT2D eigenvalue weighted by atomic mass is 32.2. The van der Waals surface area contributed by atoms with E-state index in [0.29, 0.717) is 10.9 Å². The second-order valence-electron chi connectivity index (χ2n) is 7.39. The van der Waals surface area contributed by atoms with E-state index >= 15 is 0 Å². The summed E-state index contributed by atoms with van der Waals surface area (Å²) in [6.45, 7) is 0.423. The molecule has 0 saturated carbocycles. The average Bonchev–Trinajstić information content (AvgIpc) is 3.07. The zero-order valence-electron chi connectivity index (χ0n) is 17.3. The minimum absolute atomic E-state index is 0.0804. The van der Waals surface area contributed by atoms with Crippen molar-refractivity contribution in [2.45, 2.75) is 13.2 Å². The van der Waals surface area contributed by atoms with E-state index < -0.39 is 15.9 Å². The van der Waals surface area contributed by atoms with Gasteiger partial charge in [0, 0.05) is 11.9 Å². The van der Waals surface area contributed by atoms with Crippen LogP contribution in [0.5, 0.6) is 5.75 Å². The molecule has 0 bridgehead atoms. The summed E-state index contributed by atoms with van der Waals surface area (Å²) in [6, 6.07) is 22.6. The number of fused-ring (bicyclic) bond motifs is 1. The lowest BCUT2D eigenvalue weighted by Crippen LogP contribution is -2.31. The van der Waals surface area contributed by atoms with Crippen molar-refractivity contribution in [3.8, 4) is 5.75 Å². The molecule has 1 amide bonds. The highest BCUT2D eigenvalue weighted by Gasteiger charge is 2.26. The van der Waals surface area contributed by atoms with Crippen molar-refractivity contribution in [3.05, 3.63) is 102 Å². The molecular weight excluding hydrogens is 431 g/mol. The number of nitrogens with zero attached hydrogens (tertiary/aromatic N) is 1. The SMILES string of the molecule is CS(=O)(=O)NC(=O)c1c(OCc2ccccc2)c2ccccc2n1Cc1ccc(F)cc1. The van der Waals surface area contributed by atoms with Crippen LogP contribution < -0.4 is 9.46 Å². The van der Waals surface area contributed by atoms with Crippen LogP contribution in [0.15, 0.2) is 78.9 Å². The van der Waals surface area contributed by atoms with Gasteiger partial charge in [-0.1, -0.05) is 54.6 Å². The Balaban J connectivity index is 1.84. The van der Waals surface area contributed by atoms with Crippen LogP contribution in [0.1, 0.15) is 21.6 Å². The lowest BCUT2D eigenvalue weighted by atomic mass is 10.2. The summed E-state index contributed by atoms with van der Waals surface area (Å²) in [5, 5.41) is 0.671. The van der Waals surface area contributed by atoms with Gasteiger partial charge in [-0.3, -0.25) is 4.79 Å². The first kappa shape index (κ1) is 21.6. The van der Waals surface area contributed by atoms with E-state index in [4.69, 9.17) is 4.74 Å². The number of amides is 1. The van der Waals surface area contributed by atoms with Gasteiger partial charge in [-0.15, -0.1) is 0 Å². The van der Waals surface area contributed by atoms with Gasteiger partial charge in [0.1, 0.15) is 12.4 Å². The summed E-state index contributed by atoms with van der Waals surface area (Å²) in [5.41, 5.74) is 2.42. The minimum atomic E-state index is -3.81. The quantitative estimate of drug-likeness (QED) is 0.458. The third-order valence-corrected chi connectivity index (χ3v) is 5.45. The minimum Gasteiger partial charge on any atom is -0.486 e. The topological polar surface area (TPSA) is 77.4 Å². The van der Waals surface area contributed by atoms with Crippen LogP contribution in [0.25, 0.3) is 10.9 Å².